The molecule has 0 spiro atoms. The van der Waals surface area contributed by atoms with Crippen LogP contribution in [0, 0.1) is 0 Å². The largest absolute Gasteiger partial charge is 0.504 e. The van der Waals surface area contributed by atoms with E-state index in [2.05, 4.69) is 12.1 Å². The lowest BCUT2D eigenvalue weighted by Gasteiger charge is -2.09. The van der Waals surface area contributed by atoms with Crippen molar-refractivity contribution < 1.29 is 14.9 Å². The lowest BCUT2D eigenvalue weighted by molar-refractivity contribution is -0.207. The van der Waals surface area contributed by atoms with Crippen LogP contribution in [0.1, 0.15) is 24.5 Å². The van der Waals surface area contributed by atoms with E-state index in [0.717, 1.165) is 24.0 Å². The molecule has 2 aromatic rings. The van der Waals surface area contributed by atoms with Crippen LogP contribution >= 0.6 is 0 Å². The third kappa shape index (κ3) is 2.06. The molecule has 1 aliphatic rings. The minimum Gasteiger partial charge on any atom is -0.504 e. The summed E-state index contributed by atoms with van der Waals surface area (Å²) in [7, 11) is 0. The Bertz CT molecular complexity index is 605. The van der Waals surface area contributed by atoms with Gasteiger partial charge in [-0.05, 0) is 35.2 Å². The van der Waals surface area contributed by atoms with Crippen molar-refractivity contribution in [1.82, 2.24) is 0 Å². The van der Waals surface area contributed by atoms with Crippen molar-refractivity contribution >= 4 is 0 Å². The zero-order valence-corrected chi connectivity index (χ0v) is 10.8. The lowest BCUT2D eigenvalue weighted by Crippen LogP contribution is -1.99. The second-order valence-corrected chi connectivity index (χ2v) is 4.68. The van der Waals surface area contributed by atoms with Crippen LogP contribution in [0.4, 0.5) is 0 Å². The van der Waals surface area contributed by atoms with Crippen molar-refractivity contribution in [3.63, 3.8) is 0 Å². The van der Waals surface area contributed by atoms with E-state index in [0.29, 0.717) is 12.4 Å². The fourth-order valence-electron chi connectivity index (χ4n) is 2.43. The van der Waals surface area contributed by atoms with Gasteiger partial charge in [-0.25, -0.2) is 0 Å². The first kappa shape index (κ1) is 12.1. The Morgan fingerprint density at radius 2 is 1.95 bits per heavy atom. The number of phenolic OH excluding ortho intramolecular Hbond substituents is 1. The van der Waals surface area contributed by atoms with Gasteiger partial charge in [0.25, 0.3) is 0 Å². The highest BCUT2D eigenvalue weighted by Gasteiger charge is 2.23. The predicted molar refractivity (Wildman–Crippen MR) is 73.2 cm³/mol. The van der Waals surface area contributed by atoms with Crippen LogP contribution in [0.5, 0.6) is 11.5 Å². The highest BCUT2D eigenvalue weighted by molar-refractivity contribution is 5.80. The summed E-state index contributed by atoms with van der Waals surface area (Å²) in [4.78, 5) is 10.2. The monoisotopic (exact) mass is 256 g/mol. The molecule has 0 aliphatic heterocycles. The van der Waals surface area contributed by atoms with Gasteiger partial charge in [0, 0.05) is 12.0 Å². The molecule has 1 N–H and O–H groups in total. The van der Waals surface area contributed by atoms with Crippen molar-refractivity contribution in [3.8, 4) is 22.6 Å². The van der Waals surface area contributed by atoms with E-state index < -0.39 is 0 Å². The molecular formula is C16H16O3. The molecular weight excluding hydrogens is 240 g/mol. The molecule has 3 nitrogen and oxygen atoms in total. The minimum absolute atomic E-state index is 0.185. The van der Waals surface area contributed by atoms with Crippen molar-refractivity contribution in [2.45, 2.75) is 19.8 Å². The van der Waals surface area contributed by atoms with E-state index >= 15 is 0 Å². The van der Waals surface area contributed by atoms with Crippen LogP contribution < -0.4 is 4.89 Å². The lowest BCUT2D eigenvalue weighted by atomic mass is 10.1. The van der Waals surface area contributed by atoms with E-state index in [1.54, 1.807) is 6.07 Å². The van der Waals surface area contributed by atoms with Gasteiger partial charge in [0.1, 0.15) is 0 Å². The van der Waals surface area contributed by atoms with Crippen molar-refractivity contribution in [2.24, 2.45) is 0 Å². The Hall–Kier alpha value is -2.00. The molecule has 0 saturated heterocycles. The zero-order valence-electron chi connectivity index (χ0n) is 10.8. The molecule has 0 aromatic heterocycles. The molecule has 0 amide bonds. The Labute approximate surface area is 112 Å². The van der Waals surface area contributed by atoms with Gasteiger partial charge in [0.05, 0.1) is 6.61 Å². The average Bonchev–Trinajstić information content (AvgIpc) is 2.81. The van der Waals surface area contributed by atoms with Crippen LogP contribution in [0.25, 0.3) is 11.1 Å². The first-order valence-electron chi connectivity index (χ1n) is 6.54. The number of hydrogen-bond donors (Lipinski definition) is 1. The molecule has 0 fully saturated rings. The van der Waals surface area contributed by atoms with Gasteiger partial charge >= 0.3 is 0 Å². The Balaban J connectivity index is 1.93. The highest BCUT2D eigenvalue weighted by Crippen LogP contribution is 2.44. The molecule has 2 aromatic carbocycles. The first-order chi connectivity index (χ1) is 9.31. The summed E-state index contributed by atoms with van der Waals surface area (Å²) in [5, 5.41) is 10.3. The normalized spacial score (nSPS) is 12.1. The molecule has 19 heavy (non-hydrogen) atoms. The second kappa shape index (κ2) is 4.94. The average molecular weight is 256 g/mol. The number of hydrogen-bond acceptors (Lipinski definition) is 3. The molecule has 0 unspecified atom stereocenters. The molecule has 3 rings (SSSR count). The fourth-order valence-corrected chi connectivity index (χ4v) is 2.43. The van der Waals surface area contributed by atoms with Crippen LogP contribution in [-0.2, 0) is 11.3 Å². The van der Waals surface area contributed by atoms with E-state index in [-0.39, 0.29) is 5.75 Å². The third-order valence-electron chi connectivity index (χ3n) is 3.36. The van der Waals surface area contributed by atoms with Crippen molar-refractivity contribution in [2.75, 3.05) is 6.61 Å². The first-order valence-corrected chi connectivity index (χ1v) is 6.54. The van der Waals surface area contributed by atoms with Crippen LogP contribution in [0.2, 0.25) is 0 Å². The molecule has 3 heteroatoms. The van der Waals surface area contributed by atoms with Crippen molar-refractivity contribution in [1.29, 1.82) is 0 Å². The Morgan fingerprint density at radius 3 is 2.79 bits per heavy atom. The summed E-state index contributed by atoms with van der Waals surface area (Å²) in [5.41, 5.74) is 4.42. The van der Waals surface area contributed by atoms with Gasteiger partial charge < -0.3 is 9.99 Å². The van der Waals surface area contributed by atoms with Crippen LogP contribution in [0.3, 0.4) is 0 Å². The van der Waals surface area contributed by atoms with Crippen LogP contribution in [-0.4, -0.2) is 11.7 Å². The van der Waals surface area contributed by atoms with Gasteiger partial charge in [-0.3, -0.25) is 0 Å². The maximum Gasteiger partial charge on any atom is 0.207 e. The molecule has 0 heterocycles. The fraction of sp³-hybridized carbons (Fsp3) is 0.250. The van der Waals surface area contributed by atoms with E-state index in [1.165, 1.54) is 11.1 Å². The Kier molecular flexibility index (Phi) is 3.13. The zero-order chi connectivity index (χ0) is 13.2. The molecule has 1 aliphatic carbocycles. The minimum atomic E-state index is 0.185. The van der Waals surface area contributed by atoms with E-state index in [1.807, 2.05) is 25.1 Å². The SMILES string of the molecule is CCCOOc1ccc2c(c1O)Cc1ccccc1-2. The maximum atomic E-state index is 10.3. The van der Waals surface area contributed by atoms with Gasteiger partial charge in [-0.1, -0.05) is 31.2 Å². The summed E-state index contributed by atoms with van der Waals surface area (Å²) >= 11 is 0. The van der Waals surface area contributed by atoms with Gasteiger partial charge in [-0.15, -0.1) is 0 Å². The summed E-state index contributed by atoms with van der Waals surface area (Å²) in [6.45, 7) is 2.51. The topological polar surface area (TPSA) is 38.7 Å². The summed E-state index contributed by atoms with van der Waals surface area (Å²) < 4.78 is 0. The van der Waals surface area contributed by atoms with Gasteiger partial charge in [0.2, 0.25) is 5.75 Å². The molecule has 98 valence electrons. The second-order valence-electron chi connectivity index (χ2n) is 4.68. The van der Waals surface area contributed by atoms with Gasteiger partial charge in [-0.2, -0.15) is 4.89 Å². The Morgan fingerprint density at radius 1 is 1.11 bits per heavy atom. The summed E-state index contributed by atoms with van der Waals surface area (Å²) in [6, 6.07) is 11.9. The number of aromatic hydroxyl groups is 1. The van der Waals surface area contributed by atoms with Gasteiger partial charge in [0.15, 0.2) is 5.75 Å². The van der Waals surface area contributed by atoms with Crippen LogP contribution in [0.15, 0.2) is 36.4 Å². The van der Waals surface area contributed by atoms with E-state index in [4.69, 9.17) is 9.78 Å². The number of rotatable bonds is 4. The molecule has 0 atom stereocenters. The summed E-state index contributed by atoms with van der Waals surface area (Å²) in [5.74, 6) is 0.574. The highest BCUT2D eigenvalue weighted by atomic mass is 17.2. The number of benzene rings is 2. The molecule has 0 bridgehead atoms. The maximum absolute atomic E-state index is 10.3. The number of phenols is 1. The number of fused-ring (bicyclic) bond motifs is 3. The van der Waals surface area contributed by atoms with E-state index in [9.17, 15) is 5.11 Å². The molecule has 0 radical (unpaired) electrons. The third-order valence-corrected chi connectivity index (χ3v) is 3.36. The molecule has 0 saturated carbocycles. The quantitative estimate of drug-likeness (QED) is 0.439. The predicted octanol–water partition coefficient (Wildman–Crippen LogP) is 3.68. The standard InChI is InChI=1S/C16H16O3/c1-2-9-18-19-15-8-7-13-12-6-4-3-5-11(12)10-14(13)16(15)17/h3-8,17H,2,9-10H2,1H3. The summed E-state index contributed by atoms with van der Waals surface area (Å²) in [6.07, 6.45) is 1.61. The smallest absolute Gasteiger partial charge is 0.207 e. The van der Waals surface area contributed by atoms with Crippen molar-refractivity contribution in [3.05, 3.63) is 47.5 Å².